The van der Waals surface area contributed by atoms with Crippen LogP contribution in [0.25, 0.3) is 0 Å². The van der Waals surface area contributed by atoms with E-state index < -0.39 is 7.60 Å². The molecular weight excluding hydrogens is 343 g/mol. The number of hydrogen-bond acceptors (Lipinski definition) is 3. The van der Waals surface area contributed by atoms with Gasteiger partial charge in [0.15, 0.2) is 0 Å². The fourth-order valence-electron chi connectivity index (χ4n) is 2.73. The van der Waals surface area contributed by atoms with Crippen molar-refractivity contribution in [2.24, 2.45) is 0 Å². The largest absolute Gasteiger partial charge is 0.463 e. The first-order valence-electron chi connectivity index (χ1n) is 8.58. The summed E-state index contributed by atoms with van der Waals surface area (Å²) in [7, 11) is -3.63. The third-order valence-corrected chi connectivity index (χ3v) is 6.44. The van der Waals surface area contributed by atoms with Crippen molar-refractivity contribution >= 4 is 12.9 Å². The van der Waals surface area contributed by atoms with Gasteiger partial charge >= 0.3 is 7.60 Å². The van der Waals surface area contributed by atoms with Crippen molar-refractivity contribution in [3.05, 3.63) is 89.0 Å². The van der Waals surface area contributed by atoms with Crippen molar-refractivity contribution in [1.82, 2.24) is 0 Å². The van der Waals surface area contributed by atoms with Gasteiger partial charge in [-0.05, 0) is 68.1 Å². The minimum Gasteiger partial charge on any atom is -0.413 e. The Balaban J connectivity index is 2.12. The summed E-state index contributed by atoms with van der Waals surface area (Å²) >= 11 is 0. The van der Waals surface area contributed by atoms with Gasteiger partial charge in [0, 0.05) is 0 Å². The van der Waals surface area contributed by atoms with E-state index in [9.17, 15) is 4.57 Å². The van der Waals surface area contributed by atoms with Crippen LogP contribution in [0.3, 0.4) is 0 Å². The Kier molecular flexibility index (Phi) is 5.20. The molecule has 0 aliphatic carbocycles. The Morgan fingerprint density at radius 3 is 1.58 bits per heavy atom. The lowest BCUT2D eigenvalue weighted by Crippen LogP contribution is -2.19. The summed E-state index contributed by atoms with van der Waals surface area (Å²) in [5.41, 5.74) is 3.78. The van der Waals surface area contributed by atoms with Crippen molar-refractivity contribution in [1.29, 1.82) is 0 Å². The van der Waals surface area contributed by atoms with E-state index >= 15 is 0 Å². The molecule has 0 atom stereocenters. The van der Waals surface area contributed by atoms with E-state index in [1.54, 1.807) is 0 Å². The number of aryl methyl sites for hydroxylation is 3. The minimum absolute atomic E-state index is 0.560. The van der Waals surface area contributed by atoms with Gasteiger partial charge in [-0.1, -0.05) is 48.5 Å². The maximum atomic E-state index is 14.0. The van der Waals surface area contributed by atoms with E-state index in [1.165, 1.54) is 0 Å². The molecule has 0 unspecified atom stereocenters. The highest BCUT2D eigenvalue weighted by Crippen LogP contribution is 2.49. The molecule has 0 aliphatic heterocycles. The highest BCUT2D eigenvalue weighted by Gasteiger charge is 2.34. The first kappa shape index (κ1) is 18.3. The molecule has 0 saturated carbocycles. The van der Waals surface area contributed by atoms with Crippen LogP contribution in [0.15, 0.2) is 66.7 Å². The molecule has 26 heavy (non-hydrogen) atoms. The van der Waals surface area contributed by atoms with Crippen LogP contribution in [0.2, 0.25) is 0 Å². The summed E-state index contributed by atoms with van der Waals surface area (Å²) in [6.45, 7) is 7.79. The molecule has 0 fully saturated rings. The lowest BCUT2D eigenvalue weighted by molar-refractivity contribution is 0.397. The van der Waals surface area contributed by atoms with E-state index in [4.69, 9.17) is 9.05 Å². The van der Waals surface area contributed by atoms with E-state index in [0.29, 0.717) is 16.8 Å². The topological polar surface area (TPSA) is 35.5 Å². The van der Waals surface area contributed by atoms with Crippen LogP contribution in [0.1, 0.15) is 22.3 Å². The van der Waals surface area contributed by atoms with Gasteiger partial charge in [-0.15, -0.1) is 0 Å². The van der Waals surface area contributed by atoms with Crippen LogP contribution in [0.5, 0.6) is 11.5 Å². The number of para-hydroxylation sites is 2. The summed E-state index contributed by atoms with van der Waals surface area (Å²) < 4.78 is 26.1. The van der Waals surface area contributed by atoms with Gasteiger partial charge in [-0.3, -0.25) is 0 Å². The zero-order valence-corrected chi connectivity index (χ0v) is 16.4. The molecule has 3 aromatic rings. The second kappa shape index (κ2) is 7.39. The smallest absolute Gasteiger partial charge is 0.413 e. The highest BCUT2D eigenvalue weighted by molar-refractivity contribution is 7.63. The van der Waals surface area contributed by atoms with E-state index in [1.807, 2.05) is 94.4 Å². The van der Waals surface area contributed by atoms with Crippen LogP contribution in [-0.4, -0.2) is 0 Å². The Morgan fingerprint density at radius 1 is 0.615 bits per heavy atom. The van der Waals surface area contributed by atoms with Gasteiger partial charge in [0.25, 0.3) is 0 Å². The highest BCUT2D eigenvalue weighted by atomic mass is 31.2. The molecule has 4 heteroatoms. The average Bonchev–Trinajstić information content (AvgIpc) is 2.61. The molecular formula is C22H23O3P. The monoisotopic (exact) mass is 366 g/mol. The van der Waals surface area contributed by atoms with Gasteiger partial charge in [0.2, 0.25) is 0 Å². The van der Waals surface area contributed by atoms with E-state index in [-0.39, 0.29) is 0 Å². The summed E-state index contributed by atoms with van der Waals surface area (Å²) in [5, 5.41) is 0.587. The molecule has 0 radical (unpaired) electrons. The molecule has 0 aliphatic rings. The molecule has 0 heterocycles. The molecule has 0 saturated heterocycles. The van der Waals surface area contributed by atoms with Gasteiger partial charge in [-0.2, -0.15) is 0 Å². The average molecular weight is 366 g/mol. The van der Waals surface area contributed by atoms with E-state index in [2.05, 4.69) is 0 Å². The van der Waals surface area contributed by atoms with Crippen molar-refractivity contribution in [2.45, 2.75) is 27.7 Å². The third kappa shape index (κ3) is 3.68. The van der Waals surface area contributed by atoms with Crippen molar-refractivity contribution in [3.8, 4) is 11.5 Å². The maximum absolute atomic E-state index is 14.0. The summed E-state index contributed by atoms with van der Waals surface area (Å²) in [5.74, 6) is 1.12. The SMILES string of the molecule is Cc1ccccc1OP(=O)(Oc1ccccc1C)c1cccc(C)c1C. The van der Waals surface area contributed by atoms with Gasteiger partial charge in [0.1, 0.15) is 11.5 Å². The lowest BCUT2D eigenvalue weighted by atomic mass is 10.1. The Labute approximate surface area is 155 Å². The predicted molar refractivity (Wildman–Crippen MR) is 107 cm³/mol. The molecule has 0 amide bonds. The Morgan fingerprint density at radius 2 is 1.08 bits per heavy atom. The first-order valence-corrected chi connectivity index (χ1v) is 10.1. The number of benzene rings is 3. The second-order valence-corrected chi connectivity index (χ2v) is 8.27. The molecule has 3 rings (SSSR count). The fourth-order valence-corrected chi connectivity index (χ4v) is 4.74. The van der Waals surface area contributed by atoms with Crippen LogP contribution in [0, 0.1) is 27.7 Å². The van der Waals surface area contributed by atoms with Crippen LogP contribution in [-0.2, 0) is 4.57 Å². The van der Waals surface area contributed by atoms with Crippen LogP contribution >= 0.6 is 7.60 Å². The zero-order valence-electron chi connectivity index (χ0n) is 15.5. The first-order chi connectivity index (χ1) is 12.4. The molecule has 0 spiro atoms. The molecule has 0 N–H and O–H groups in total. The summed E-state index contributed by atoms with van der Waals surface area (Å²) in [6.07, 6.45) is 0. The zero-order chi connectivity index (χ0) is 18.7. The normalized spacial score (nSPS) is 11.2. The minimum atomic E-state index is -3.63. The molecule has 3 aromatic carbocycles. The van der Waals surface area contributed by atoms with Crippen molar-refractivity contribution in [2.75, 3.05) is 0 Å². The summed E-state index contributed by atoms with van der Waals surface area (Å²) in [6, 6.07) is 20.8. The third-order valence-electron chi connectivity index (χ3n) is 4.50. The quantitative estimate of drug-likeness (QED) is 0.528. The Bertz CT molecular complexity index is 927. The standard InChI is InChI=1S/C22H23O3P/c1-16-12-9-15-22(19(16)4)26(23,24-20-13-7-5-10-17(20)2)25-21-14-8-6-11-18(21)3/h5-15H,1-4H3. The molecule has 0 bridgehead atoms. The molecule has 134 valence electrons. The van der Waals surface area contributed by atoms with Gasteiger partial charge in [0.05, 0.1) is 5.30 Å². The van der Waals surface area contributed by atoms with Crippen molar-refractivity contribution in [3.63, 3.8) is 0 Å². The molecule has 3 nitrogen and oxygen atoms in total. The van der Waals surface area contributed by atoms with Crippen LogP contribution in [0.4, 0.5) is 0 Å². The number of rotatable bonds is 5. The molecule has 0 aromatic heterocycles. The van der Waals surface area contributed by atoms with Crippen LogP contribution < -0.4 is 14.4 Å². The van der Waals surface area contributed by atoms with Gasteiger partial charge in [-0.25, -0.2) is 4.57 Å². The van der Waals surface area contributed by atoms with E-state index in [0.717, 1.165) is 22.3 Å². The second-order valence-electron chi connectivity index (χ2n) is 6.43. The number of hydrogen-bond donors (Lipinski definition) is 0. The summed E-state index contributed by atoms with van der Waals surface area (Å²) in [4.78, 5) is 0. The lowest BCUT2D eigenvalue weighted by Gasteiger charge is -2.23. The van der Waals surface area contributed by atoms with Crippen molar-refractivity contribution < 1.29 is 13.6 Å². The Hall–Kier alpha value is -2.51. The fraction of sp³-hybridized carbons (Fsp3) is 0.182. The van der Waals surface area contributed by atoms with Gasteiger partial charge < -0.3 is 9.05 Å². The predicted octanol–water partition coefficient (Wildman–Crippen LogP) is 5.90. The maximum Gasteiger partial charge on any atom is 0.463 e.